The van der Waals surface area contributed by atoms with Gasteiger partial charge in [0.05, 0.1) is 5.71 Å². The van der Waals surface area contributed by atoms with E-state index in [1.807, 2.05) is 6.92 Å². The van der Waals surface area contributed by atoms with Crippen LogP contribution in [0.25, 0.3) is 0 Å². The molecule has 17 heavy (non-hydrogen) atoms. The molecular formula is C13H15BrN2O. The number of carbonyl (C=O) groups excluding carboxylic acids is 1. The van der Waals surface area contributed by atoms with Crippen molar-refractivity contribution < 1.29 is 4.79 Å². The topological polar surface area (TPSA) is 41.5 Å². The van der Waals surface area contributed by atoms with Crippen LogP contribution in [-0.4, -0.2) is 16.9 Å². The number of benzene rings is 1. The Hall–Kier alpha value is -1.16. The van der Waals surface area contributed by atoms with E-state index in [0.29, 0.717) is 6.42 Å². The summed E-state index contributed by atoms with van der Waals surface area (Å²) in [6.45, 7) is 2.03. The molecule has 0 fully saturated rings. The summed E-state index contributed by atoms with van der Waals surface area (Å²) in [6, 6.07) is 8.38. The van der Waals surface area contributed by atoms with Crippen LogP contribution < -0.4 is 5.43 Å². The van der Waals surface area contributed by atoms with Crippen LogP contribution in [0.15, 0.2) is 29.4 Å². The zero-order valence-corrected chi connectivity index (χ0v) is 11.3. The van der Waals surface area contributed by atoms with Crippen LogP contribution in [0.3, 0.4) is 0 Å². The number of alkyl halides is 1. The zero-order chi connectivity index (χ0) is 12.3. The average Bonchev–Trinajstić information content (AvgIpc) is 2.31. The lowest BCUT2D eigenvalue weighted by Crippen LogP contribution is -2.31. The molecule has 0 aliphatic carbocycles. The summed E-state index contributed by atoms with van der Waals surface area (Å²) in [7, 11) is 0. The minimum atomic E-state index is -0.00263. The van der Waals surface area contributed by atoms with Crippen molar-refractivity contribution in [3.63, 3.8) is 0 Å². The molecule has 1 heterocycles. The molecule has 0 bridgehead atoms. The van der Waals surface area contributed by atoms with Crippen molar-refractivity contribution in [1.82, 2.24) is 5.43 Å². The first-order valence-corrected chi connectivity index (χ1v) is 6.84. The number of carbonyl (C=O) groups is 1. The van der Waals surface area contributed by atoms with E-state index in [1.165, 1.54) is 5.56 Å². The zero-order valence-electron chi connectivity index (χ0n) is 9.74. The van der Waals surface area contributed by atoms with Gasteiger partial charge in [0, 0.05) is 17.7 Å². The molecule has 2 rings (SSSR count). The summed E-state index contributed by atoms with van der Waals surface area (Å²) in [5.74, 6) is 0.183. The Bertz CT molecular complexity index is 439. The Morgan fingerprint density at radius 2 is 2.12 bits per heavy atom. The van der Waals surface area contributed by atoms with Gasteiger partial charge in [0.2, 0.25) is 5.91 Å². The molecule has 0 radical (unpaired) electrons. The summed E-state index contributed by atoms with van der Waals surface area (Å²) in [4.78, 5) is 11.2. The van der Waals surface area contributed by atoms with Gasteiger partial charge in [-0.2, -0.15) is 5.10 Å². The van der Waals surface area contributed by atoms with Gasteiger partial charge in [-0.05, 0) is 17.5 Å². The first kappa shape index (κ1) is 12.3. The van der Waals surface area contributed by atoms with Crippen molar-refractivity contribution in [2.45, 2.75) is 19.8 Å². The van der Waals surface area contributed by atoms with E-state index in [2.05, 4.69) is 50.7 Å². The van der Waals surface area contributed by atoms with Crippen molar-refractivity contribution >= 4 is 27.5 Å². The highest BCUT2D eigenvalue weighted by atomic mass is 79.9. The van der Waals surface area contributed by atoms with Crippen LogP contribution >= 0.6 is 15.9 Å². The number of aryl methyl sites for hydroxylation is 1. The second kappa shape index (κ2) is 5.45. The standard InChI is InChI=1S/C13H15BrN2O/c1-9-8-12(17)15-16-13(9)11-4-2-10(3-5-11)6-7-14/h2-5,9H,6-8H2,1H3,(H,15,17). The number of rotatable bonds is 3. The maximum atomic E-state index is 11.2. The van der Waals surface area contributed by atoms with Gasteiger partial charge in [-0.15, -0.1) is 0 Å². The van der Waals surface area contributed by atoms with Crippen molar-refractivity contribution in [3.8, 4) is 0 Å². The molecule has 0 spiro atoms. The lowest BCUT2D eigenvalue weighted by Gasteiger charge is -2.19. The third-order valence-corrected chi connectivity index (χ3v) is 3.29. The summed E-state index contributed by atoms with van der Waals surface area (Å²) in [6.07, 6.45) is 1.54. The molecule has 1 unspecified atom stereocenters. The van der Waals surface area contributed by atoms with Gasteiger partial charge in [0.15, 0.2) is 0 Å². The van der Waals surface area contributed by atoms with Crippen molar-refractivity contribution in [3.05, 3.63) is 35.4 Å². The Kier molecular flexibility index (Phi) is 3.94. The fourth-order valence-electron chi connectivity index (χ4n) is 1.95. The predicted octanol–water partition coefficient (Wildman–Crippen LogP) is 2.48. The highest BCUT2D eigenvalue weighted by Gasteiger charge is 2.21. The Balaban J connectivity index is 2.19. The average molecular weight is 295 g/mol. The number of hydrogen-bond donors (Lipinski definition) is 1. The number of nitrogens with zero attached hydrogens (tertiary/aromatic N) is 1. The number of nitrogens with one attached hydrogen (secondary N) is 1. The predicted molar refractivity (Wildman–Crippen MR) is 72.4 cm³/mol. The van der Waals surface area contributed by atoms with Crippen LogP contribution in [0.5, 0.6) is 0 Å². The number of halogens is 1. The largest absolute Gasteiger partial charge is 0.273 e. The first-order valence-electron chi connectivity index (χ1n) is 5.72. The lowest BCUT2D eigenvalue weighted by atomic mass is 9.93. The number of hydrazone groups is 1. The van der Waals surface area contributed by atoms with Crippen LogP contribution in [0.2, 0.25) is 0 Å². The smallest absolute Gasteiger partial charge is 0.240 e. The SMILES string of the molecule is CC1CC(=O)NN=C1c1ccc(CCBr)cc1. The van der Waals surface area contributed by atoms with E-state index in [9.17, 15) is 4.79 Å². The molecule has 1 atom stereocenters. The normalized spacial score (nSPS) is 19.8. The molecule has 0 saturated carbocycles. The van der Waals surface area contributed by atoms with Gasteiger partial charge < -0.3 is 0 Å². The van der Waals surface area contributed by atoms with Crippen LogP contribution in [0, 0.1) is 5.92 Å². The molecule has 3 nitrogen and oxygen atoms in total. The van der Waals surface area contributed by atoms with Crippen molar-refractivity contribution in [1.29, 1.82) is 0 Å². The molecule has 1 aliphatic rings. The van der Waals surface area contributed by atoms with Crippen LogP contribution in [0.1, 0.15) is 24.5 Å². The fourth-order valence-corrected chi connectivity index (χ4v) is 2.41. The van der Waals surface area contributed by atoms with Gasteiger partial charge in [-0.25, -0.2) is 5.43 Å². The van der Waals surface area contributed by atoms with Gasteiger partial charge in [-0.1, -0.05) is 47.1 Å². The lowest BCUT2D eigenvalue weighted by molar-refractivity contribution is -0.121. The minimum absolute atomic E-state index is 0.00263. The molecule has 90 valence electrons. The summed E-state index contributed by atoms with van der Waals surface area (Å²) in [5.41, 5.74) is 5.91. The summed E-state index contributed by atoms with van der Waals surface area (Å²) < 4.78 is 0. The summed E-state index contributed by atoms with van der Waals surface area (Å²) in [5, 5.41) is 5.12. The van der Waals surface area contributed by atoms with Gasteiger partial charge >= 0.3 is 0 Å². The Morgan fingerprint density at radius 3 is 2.71 bits per heavy atom. The van der Waals surface area contributed by atoms with Crippen LogP contribution in [-0.2, 0) is 11.2 Å². The maximum Gasteiger partial charge on any atom is 0.240 e. The molecule has 1 N–H and O–H groups in total. The molecule has 1 aromatic carbocycles. The molecule has 1 aromatic rings. The molecule has 0 aromatic heterocycles. The first-order chi connectivity index (χ1) is 8.20. The second-order valence-corrected chi connectivity index (χ2v) is 5.07. The molecule has 1 aliphatic heterocycles. The molecule has 0 saturated heterocycles. The van der Waals surface area contributed by atoms with E-state index in [1.54, 1.807) is 0 Å². The van der Waals surface area contributed by atoms with E-state index in [4.69, 9.17) is 0 Å². The third-order valence-electron chi connectivity index (χ3n) is 2.89. The van der Waals surface area contributed by atoms with Gasteiger partial charge in [0.25, 0.3) is 0 Å². The van der Waals surface area contributed by atoms with Crippen molar-refractivity contribution in [2.24, 2.45) is 11.0 Å². The molecule has 1 amide bonds. The van der Waals surface area contributed by atoms with Crippen LogP contribution in [0.4, 0.5) is 0 Å². The minimum Gasteiger partial charge on any atom is -0.273 e. The molecule has 4 heteroatoms. The Morgan fingerprint density at radius 1 is 1.41 bits per heavy atom. The molecular weight excluding hydrogens is 280 g/mol. The van der Waals surface area contributed by atoms with E-state index < -0.39 is 0 Å². The number of amides is 1. The third kappa shape index (κ3) is 2.94. The second-order valence-electron chi connectivity index (χ2n) is 4.27. The van der Waals surface area contributed by atoms with E-state index >= 15 is 0 Å². The monoisotopic (exact) mass is 294 g/mol. The summed E-state index contributed by atoms with van der Waals surface area (Å²) >= 11 is 3.43. The van der Waals surface area contributed by atoms with Gasteiger partial charge in [0.1, 0.15) is 0 Å². The van der Waals surface area contributed by atoms with Crippen molar-refractivity contribution in [2.75, 3.05) is 5.33 Å². The quantitative estimate of drug-likeness (QED) is 0.855. The maximum absolute atomic E-state index is 11.2. The highest BCUT2D eigenvalue weighted by molar-refractivity contribution is 9.09. The Labute approximate surface area is 109 Å². The van der Waals surface area contributed by atoms with Gasteiger partial charge in [-0.3, -0.25) is 4.79 Å². The fraction of sp³-hybridized carbons (Fsp3) is 0.385. The number of hydrogen-bond acceptors (Lipinski definition) is 2. The highest BCUT2D eigenvalue weighted by Crippen LogP contribution is 2.17. The van der Waals surface area contributed by atoms with E-state index in [-0.39, 0.29) is 11.8 Å². The van der Waals surface area contributed by atoms with E-state index in [0.717, 1.165) is 23.0 Å².